The molecule has 0 aliphatic heterocycles. The number of pyridine rings is 1. The molecule has 0 aliphatic carbocycles. The fourth-order valence-corrected chi connectivity index (χ4v) is 3.37. The average molecular weight is 294 g/mol. The van der Waals surface area contributed by atoms with Crippen LogP contribution in [0.2, 0.25) is 0 Å². The maximum absolute atomic E-state index is 6.41. The van der Waals surface area contributed by atoms with Gasteiger partial charge in [-0.15, -0.1) is 11.3 Å². The number of fused-ring (bicyclic) bond motifs is 2. The molecule has 1 atom stereocenters. The Morgan fingerprint density at radius 3 is 3.05 bits per heavy atom. The van der Waals surface area contributed by atoms with Gasteiger partial charge in [0, 0.05) is 41.8 Å². The molecule has 0 saturated carbocycles. The number of nitrogens with zero attached hydrogens (tertiary/aromatic N) is 3. The van der Waals surface area contributed by atoms with Gasteiger partial charge >= 0.3 is 0 Å². The Morgan fingerprint density at radius 2 is 2.14 bits per heavy atom. The van der Waals surface area contributed by atoms with Gasteiger partial charge < -0.3 is 5.73 Å². The highest BCUT2D eigenvalue weighted by molar-refractivity contribution is 7.15. The number of imidazole rings is 1. The number of nitrogens with two attached hydrogens (primary N) is 1. The van der Waals surface area contributed by atoms with Crippen molar-refractivity contribution in [3.05, 3.63) is 65.6 Å². The van der Waals surface area contributed by atoms with Crippen molar-refractivity contribution in [3.8, 4) is 0 Å². The normalized spacial score (nSPS) is 13.0. The van der Waals surface area contributed by atoms with Gasteiger partial charge in [0.1, 0.15) is 0 Å². The molecule has 4 aromatic rings. The quantitative estimate of drug-likeness (QED) is 0.631. The second-order valence-corrected chi connectivity index (χ2v) is 5.93. The molecular formula is C16H14N4S. The first-order chi connectivity index (χ1) is 10.3. The second-order valence-electron chi connectivity index (χ2n) is 5.05. The summed E-state index contributed by atoms with van der Waals surface area (Å²) in [6.07, 6.45) is 6.62. The van der Waals surface area contributed by atoms with Crippen LogP contribution >= 0.6 is 11.3 Å². The Labute approximate surface area is 125 Å². The lowest BCUT2D eigenvalue weighted by Crippen LogP contribution is -2.14. The Kier molecular flexibility index (Phi) is 2.94. The lowest BCUT2D eigenvalue weighted by molar-refractivity contribution is 0.715. The zero-order valence-corrected chi connectivity index (χ0v) is 12.1. The monoisotopic (exact) mass is 294 g/mol. The van der Waals surface area contributed by atoms with Gasteiger partial charge in [0.05, 0.1) is 11.2 Å². The standard InChI is InChI=1S/C16H14N4S/c17-14(9-11-10-20-7-8-21-16(20)19-11)12-5-6-18-15-4-2-1-3-13(12)15/h1-8,10,14H,9,17H2. The summed E-state index contributed by atoms with van der Waals surface area (Å²) in [5.41, 5.74) is 9.54. The molecule has 21 heavy (non-hydrogen) atoms. The molecule has 0 radical (unpaired) electrons. The minimum atomic E-state index is -0.0810. The van der Waals surface area contributed by atoms with Gasteiger partial charge in [-0.05, 0) is 17.7 Å². The molecule has 2 N–H and O–H groups in total. The first-order valence-corrected chi connectivity index (χ1v) is 7.69. The highest BCUT2D eigenvalue weighted by atomic mass is 32.1. The Bertz CT molecular complexity index is 875. The lowest BCUT2D eigenvalue weighted by atomic mass is 9.99. The molecule has 0 saturated heterocycles. The minimum absolute atomic E-state index is 0.0810. The van der Waals surface area contributed by atoms with E-state index in [2.05, 4.69) is 22.2 Å². The maximum atomic E-state index is 6.41. The largest absolute Gasteiger partial charge is 0.324 e. The second kappa shape index (κ2) is 4.95. The van der Waals surface area contributed by atoms with Crippen molar-refractivity contribution < 1.29 is 0 Å². The van der Waals surface area contributed by atoms with Crippen LogP contribution in [0, 0.1) is 0 Å². The fourth-order valence-electron chi connectivity index (χ4n) is 2.65. The third kappa shape index (κ3) is 2.20. The summed E-state index contributed by atoms with van der Waals surface area (Å²) >= 11 is 1.63. The van der Waals surface area contributed by atoms with Gasteiger partial charge in [-0.3, -0.25) is 9.38 Å². The summed E-state index contributed by atoms with van der Waals surface area (Å²) in [6, 6.07) is 10.0. The molecule has 0 fully saturated rings. The van der Waals surface area contributed by atoms with E-state index in [9.17, 15) is 0 Å². The van der Waals surface area contributed by atoms with Crippen molar-refractivity contribution in [2.45, 2.75) is 12.5 Å². The van der Waals surface area contributed by atoms with Crippen LogP contribution in [-0.2, 0) is 6.42 Å². The first kappa shape index (κ1) is 12.5. The van der Waals surface area contributed by atoms with Crippen LogP contribution in [0.15, 0.2) is 54.3 Å². The van der Waals surface area contributed by atoms with Crippen molar-refractivity contribution in [2.24, 2.45) is 5.73 Å². The Balaban J connectivity index is 1.69. The number of thiazole rings is 1. The fraction of sp³-hybridized carbons (Fsp3) is 0.125. The molecule has 4 rings (SSSR count). The van der Waals surface area contributed by atoms with Gasteiger partial charge in [0.15, 0.2) is 4.96 Å². The molecule has 0 aliphatic rings. The number of benzene rings is 1. The molecule has 3 aromatic heterocycles. The lowest BCUT2D eigenvalue weighted by Gasteiger charge is -2.13. The molecule has 5 heteroatoms. The van der Waals surface area contributed by atoms with Crippen molar-refractivity contribution in [3.63, 3.8) is 0 Å². The van der Waals surface area contributed by atoms with E-state index in [0.29, 0.717) is 0 Å². The molecule has 4 nitrogen and oxygen atoms in total. The van der Waals surface area contributed by atoms with Gasteiger partial charge in [-0.1, -0.05) is 18.2 Å². The van der Waals surface area contributed by atoms with E-state index in [1.54, 1.807) is 11.3 Å². The molecule has 104 valence electrons. The van der Waals surface area contributed by atoms with E-state index >= 15 is 0 Å². The van der Waals surface area contributed by atoms with Gasteiger partial charge in [0.2, 0.25) is 0 Å². The smallest absolute Gasteiger partial charge is 0.193 e. The molecule has 3 heterocycles. The van der Waals surface area contributed by atoms with E-state index in [0.717, 1.165) is 33.5 Å². The predicted molar refractivity (Wildman–Crippen MR) is 85.4 cm³/mol. The third-order valence-corrected chi connectivity index (χ3v) is 4.43. The third-order valence-electron chi connectivity index (χ3n) is 3.65. The summed E-state index contributed by atoms with van der Waals surface area (Å²) in [6.45, 7) is 0. The number of hydrogen-bond donors (Lipinski definition) is 1. The highest BCUT2D eigenvalue weighted by Crippen LogP contribution is 2.24. The number of hydrogen-bond acceptors (Lipinski definition) is 4. The van der Waals surface area contributed by atoms with Gasteiger partial charge in [0.25, 0.3) is 0 Å². The number of rotatable bonds is 3. The van der Waals surface area contributed by atoms with Crippen LogP contribution in [0.4, 0.5) is 0 Å². The van der Waals surface area contributed by atoms with Crippen molar-refractivity contribution in [1.29, 1.82) is 0 Å². The van der Waals surface area contributed by atoms with Crippen molar-refractivity contribution >= 4 is 27.2 Å². The number of aromatic nitrogens is 3. The summed E-state index contributed by atoms with van der Waals surface area (Å²) in [5.74, 6) is 0. The van der Waals surface area contributed by atoms with Crippen molar-refractivity contribution in [1.82, 2.24) is 14.4 Å². The molecule has 0 spiro atoms. The van der Waals surface area contributed by atoms with Crippen LogP contribution in [0.1, 0.15) is 17.3 Å². The summed E-state index contributed by atoms with van der Waals surface area (Å²) in [4.78, 5) is 10.00. The topological polar surface area (TPSA) is 56.2 Å². The Hall–Kier alpha value is -2.24. The summed E-state index contributed by atoms with van der Waals surface area (Å²) in [7, 11) is 0. The average Bonchev–Trinajstić information content (AvgIpc) is 3.07. The van der Waals surface area contributed by atoms with Gasteiger partial charge in [-0.2, -0.15) is 0 Å². The van der Waals surface area contributed by atoms with E-state index in [-0.39, 0.29) is 6.04 Å². The van der Waals surface area contributed by atoms with E-state index in [1.807, 2.05) is 46.4 Å². The maximum Gasteiger partial charge on any atom is 0.193 e. The van der Waals surface area contributed by atoms with Crippen molar-refractivity contribution in [2.75, 3.05) is 0 Å². The highest BCUT2D eigenvalue weighted by Gasteiger charge is 2.13. The molecule has 0 bridgehead atoms. The van der Waals surface area contributed by atoms with Crippen LogP contribution in [0.5, 0.6) is 0 Å². The predicted octanol–water partition coefficient (Wildman–Crippen LogP) is 3.19. The van der Waals surface area contributed by atoms with Crippen LogP contribution in [0.3, 0.4) is 0 Å². The molecule has 0 amide bonds. The minimum Gasteiger partial charge on any atom is -0.324 e. The van der Waals surface area contributed by atoms with Crippen LogP contribution in [0.25, 0.3) is 15.9 Å². The zero-order chi connectivity index (χ0) is 14.2. The number of para-hydroxylation sites is 1. The zero-order valence-electron chi connectivity index (χ0n) is 11.3. The SMILES string of the molecule is NC(Cc1cn2ccsc2n1)c1ccnc2ccccc12. The molecular weight excluding hydrogens is 280 g/mol. The van der Waals surface area contributed by atoms with Crippen LogP contribution < -0.4 is 5.73 Å². The molecule has 1 aromatic carbocycles. The van der Waals surface area contributed by atoms with E-state index < -0.39 is 0 Å². The van der Waals surface area contributed by atoms with E-state index in [4.69, 9.17) is 5.73 Å². The summed E-state index contributed by atoms with van der Waals surface area (Å²) < 4.78 is 2.04. The van der Waals surface area contributed by atoms with E-state index in [1.165, 1.54) is 0 Å². The van der Waals surface area contributed by atoms with Gasteiger partial charge in [-0.25, -0.2) is 4.98 Å². The summed E-state index contributed by atoms with van der Waals surface area (Å²) in [5, 5.41) is 3.15. The van der Waals surface area contributed by atoms with Crippen LogP contribution in [-0.4, -0.2) is 14.4 Å². The molecule has 1 unspecified atom stereocenters. The first-order valence-electron chi connectivity index (χ1n) is 6.81. The Morgan fingerprint density at radius 1 is 1.24 bits per heavy atom.